The second-order valence-corrected chi connectivity index (χ2v) is 11.2. The molecule has 6 aliphatic rings. The predicted molar refractivity (Wildman–Crippen MR) is 207 cm³/mol. The fraction of sp³-hybridized carbons (Fsp3) is 0.511. The van der Waals surface area contributed by atoms with Gasteiger partial charge in [-0.1, -0.05) is 98.8 Å². The fourth-order valence-corrected chi connectivity index (χ4v) is 6.05. The van der Waals surface area contributed by atoms with Gasteiger partial charge in [-0.15, -0.1) is 12.1 Å². The van der Waals surface area contributed by atoms with Gasteiger partial charge in [0.1, 0.15) is 0 Å². The number of benzene rings is 2. The number of rotatable bonds is 2. The van der Waals surface area contributed by atoms with E-state index in [9.17, 15) is 0 Å². The normalized spacial score (nSPS) is 25.1. The molecule has 2 saturated heterocycles. The SMILES string of the molecule is C1=CC2CCC1C2.C1CN2CCC1C2.CC.CC.CC.CC.CC1C2C=CC1C=C2.[CH-]=Cc1[c-]cccc1.[CH-]=Cc1[c-]cccc1.[Y].[Y]. The summed E-state index contributed by atoms with van der Waals surface area (Å²) < 4.78 is 0. The number of nitrogens with zero attached hydrogens (tertiary/aromatic N) is 1. The van der Waals surface area contributed by atoms with E-state index in [0.717, 1.165) is 46.6 Å². The summed E-state index contributed by atoms with van der Waals surface area (Å²) in [6.45, 7) is 32.9. The molecule has 0 spiro atoms. The van der Waals surface area contributed by atoms with Crippen LogP contribution in [0.3, 0.4) is 0 Å². The standard InChI is InChI=1S/C8H10.2C8H6.C7H10.C6H11N.4C2H6.2Y/c1-6-7-2-3-8(6)5-4-7;2*1-2-8-6-4-3-5-7-8;1-2-7-4-3-6(1)5-7;1-3-7-4-2-6(1)5-7;4*1-2;;/h2-8H,1H3;2*1-6H;1-2,6-7H,3-5H2;6H,1-5H2;4*1-2H3;;/q;2*-2;;;;;;;;. The number of hydrogen-bond donors (Lipinski definition) is 0. The van der Waals surface area contributed by atoms with Gasteiger partial charge in [0.05, 0.1) is 0 Å². The van der Waals surface area contributed by atoms with Gasteiger partial charge in [0.2, 0.25) is 0 Å². The summed E-state index contributed by atoms with van der Waals surface area (Å²) in [5, 5.41) is 0. The van der Waals surface area contributed by atoms with Crippen LogP contribution in [0.1, 0.15) is 106 Å². The average molecular weight is 800 g/mol. The van der Waals surface area contributed by atoms with E-state index in [1.807, 2.05) is 104 Å². The first-order valence-electron chi connectivity index (χ1n) is 18.4. The summed E-state index contributed by atoms with van der Waals surface area (Å²) in [6, 6.07) is 21.0. The van der Waals surface area contributed by atoms with Gasteiger partial charge >= 0.3 is 0 Å². The van der Waals surface area contributed by atoms with Gasteiger partial charge in [-0.2, -0.15) is 24.3 Å². The Morgan fingerprint density at radius 2 is 1.00 bits per heavy atom. The van der Waals surface area contributed by atoms with Crippen molar-refractivity contribution in [2.24, 2.45) is 35.5 Å². The molecule has 1 nitrogen and oxygen atoms in total. The molecule has 3 fully saturated rings. The molecule has 2 radical (unpaired) electrons. The third-order valence-corrected chi connectivity index (χ3v) is 8.54. The van der Waals surface area contributed by atoms with Gasteiger partial charge in [-0.05, 0) is 80.7 Å². The van der Waals surface area contributed by atoms with E-state index in [1.165, 1.54) is 63.9 Å². The molecule has 262 valence electrons. The van der Waals surface area contributed by atoms with Crippen LogP contribution >= 0.6 is 0 Å². The number of piperidine rings is 1. The zero-order valence-electron chi connectivity index (χ0n) is 32.1. The van der Waals surface area contributed by atoms with Crippen LogP contribution in [0, 0.1) is 60.8 Å². The zero-order chi connectivity index (χ0) is 34.6. The molecule has 0 aromatic heterocycles. The topological polar surface area (TPSA) is 3.24 Å². The first-order valence-corrected chi connectivity index (χ1v) is 18.4. The van der Waals surface area contributed by atoms with Crippen molar-refractivity contribution in [1.82, 2.24) is 4.90 Å². The van der Waals surface area contributed by atoms with Crippen LogP contribution in [-0.4, -0.2) is 24.5 Å². The van der Waals surface area contributed by atoms with Crippen molar-refractivity contribution in [3.63, 3.8) is 0 Å². The minimum atomic E-state index is 0. The van der Waals surface area contributed by atoms with Gasteiger partial charge in [-0.3, -0.25) is 0 Å². The summed E-state index contributed by atoms with van der Waals surface area (Å²) in [7, 11) is 0. The third-order valence-electron chi connectivity index (χ3n) is 8.54. The molecular weight excluding hydrogens is 732 g/mol. The molecule has 2 aromatic rings. The molecule has 2 unspecified atom stereocenters. The first-order chi connectivity index (χ1) is 22.6. The van der Waals surface area contributed by atoms with Crippen molar-refractivity contribution >= 4 is 12.2 Å². The summed E-state index contributed by atoms with van der Waals surface area (Å²) in [4.78, 5) is 2.56. The van der Waals surface area contributed by atoms with Crippen LogP contribution in [0.5, 0.6) is 0 Å². The molecule has 6 bridgehead atoms. The van der Waals surface area contributed by atoms with Crippen molar-refractivity contribution in [3.8, 4) is 0 Å². The zero-order valence-corrected chi connectivity index (χ0v) is 37.8. The molecule has 2 aliphatic heterocycles. The molecule has 2 atom stereocenters. The maximum Gasteiger partial charge on any atom is 0.00106 e. The van der Waals surface area contributed by atoms with Crippen LogP contribution in [0.4, 0.5) is 0 Å². The summed E-state index contributed by atoms with van der Waals surface area (Å²) >= 11 is 0. The average Bonchev–Trinajstić information content (AvgIpc) is 4.06. The largest absolute Gasteiger partial charge is 0.344 e. The quantitative estimate of drug-likeness (QED) is 0.216. The second kappa shape index (κ2) is 34.7. The van der Waals surface area contributed by atoms with Crippen molar-refractivity contribution in [2.75, 3.05) is 19.6 Å². The van der Waals surface area contributed by atoms with Gasteiger partial charge in [0.15, 0.2) is 0 Å². The van der Waals surface area contributed by atoms with E-state index in [4.69, 9.17) is 13.2 Å². The molecule has 3 heteroatoms. The fourth-order valence-electron chi connectivity index (χ4n) is 6.05. The smallest absolute Gasteiger partial charge is 0.00106 e. The Morgan fingerprint density at radius 3 is 1.12 bits per heavy atom. The van der Waals surface area contributed by atoms with Crippen LogP contribution < -0.4 is 0 Å². The van der Waals surface area contributed by atoms with Gasteiger partial charge in [0.25, 0.3) is 0 Å². The Bertz CT molecular complexity index is 971. The number of allylic oxidation sites excluding steroid dienone is 6. The summed E-state index contributed by atoms with van der Waals surface area (Å²) in [5.41, 5.74) is 1.88. The Hall–Kier alpha value is -0.692. The van der Waals surface area contributed by atoms with Crippen LogP contribution in [0.15, 0.2) is 85.0 Å². The molecular formula is C45H67NY2-4. The Morgan fingerprint density at radius 1 is 0.604 bits per heavy atom. The van der Waals surface area contributed by atoms with E-state index < -0.39 is 0 Å². The molecule has 4 aliphatic carbocycles. The predicted octanol–water partition coefficient (Wildman–Crippen LogP) is 12.6. The van der Waals surface area contributed by atoms with E-state index >= 15 is 0 Å². The van der Waals surface area contributed by atoms with Crippen molar-refractivity contribution in [3.05, 3.63) is 121 Å². The molecule has 1 saturated carbocycles. The first kappa shape index (κ1) is 51.7. The van der Waals surface area contributed by atoms with E-state index in [-0.39, 0.29) is 65.4 Å². The molecule has 8 rings (SSSR count). The summed E-state index contributed by atoms with van der Waals surface area (Å²) in [5.74, 6) is 5.50. The third kappa shape index (κ3) is 20.9. The minimum absolute atomic E-state index is 0. The van der Waals surface area contributed by atoms with E-state index in [2.05, 4.69) is 60.4 Å². The second-order valence-electron chi connectivity index (χ2n) is 11.2. The van der Waals surface area contributed by atoms with Gasteiger partial charge in [0, 0.05) is 72.0 Å². The van der Waals surface area contributed by atoms with E-state index in [1.54, 1.807) is 0 Å². The van der Waals surface area contributed by atoms with Gasteiger partial charge < -0.3 is 41.3 Å². The number of fused-ring (bicyclic) bond motifs is 6. The monoisotopic (exact) mass is 799 g/mol. The molecule has 2 heterocycles. The Labute approximate surface area is 350 Å². The molecule has 0 N–H and O–H groups in total. The van der Waals surface area contributed by atoms with Gasteiger partial charge in [-0.25, -0.2) is 24.3 Å². The van der Waals surface area contributed by atoms with Crippen LogP contribution in [0.2, 0.25) is 0 Å². The van der Waals surface area contributed by atoms with E-state index in [0.29, 0.717) is 0 Å². The van der Waals surface area contributed by atoms with Crippen LogP contribution in [0.25, 0.3) is 12.2 Å². The van der Waals surface area contributed by atoms with Crippen molar-refractivity contribution in [2.45, 2.75) is 94.4 Å². The maximum atomic E-state index is 5.19. The van der Waals surface area contributed by atoms with Crippen molar-refractivity contribution in [1.29, 1.82) is 0 Å². The molecule has 2 aromatic carbocycles. The maximum absolute atomic E-state index is 5.19. The summed E-state index contributed by atoms with van der Waals surface area (Å²) in [6.07, 6.45) is 24.5. The molecule has 0 amide bonds. The van der Waals surface area contributed by atoms with Crippen LogP contribution in [-0.2, 0) is 65.4 Å². The van der Waals surface area contributed by atoms with Crippen molar-refractivity contribution < 1.29 is 65.4 Å². The molecule has 48 heavy (non-hydrogen) atoms. The number of hydrogen-bond acceptors (Lipinski definition) is 1. The minimum Gasteiger partial charge on any atom is -0.344 e. The Balaban J connectivity index is -0.000000496. The Kier molecular flexibility index (Phi) is 37.4.